The summed E-state index contributed by atoms with van der Waals surface area (Å²) in [6, 6.07) is 5.01. The van der Waals surface area contributed by atoms with E-state index >= 15 is 0 Å². The molecule has 1 aromatic carbocycles. The van der Waals surface area contributed by atoms with Crippen LogP contribution in [0, 0.1) is 0 Å². The van der Waals surface area contributed by atoms with Gasteiger partial charge in [0.2, 0.25) is 0 Å². The lowest BCUT2D eigenvalue weighted by Gasteiger charge is -2.13. The molecule has 1 atom stereocenters. The van der Waals surface area contributed by atoms with Gasteiger partial charge in [-0.1, -0.05) is 15.9 Å². The predicted molar refractivity (Wildman–Crippen MR) is 72.9 cm³/mol. The van der Waals surface area contributed by atoms with E-state index in [1.54, 1.807) is 25.1 Å². The van der Waals surface area contributed by atoms with E-state index in [9.17, 15) is 9.59 Å². The third-order valence-electron chi connectivity index (χ3n) is 2.22. The summed E-state index contributed by atoms with van der Waals surface area (Å²) in [6.45, 7) is 1.57. The van der Waals surface area contributed by atoms with Crippen LogP contribution in [0.15, 0.2) is 28.7 Å². The maximum absolute atomic E-state index is 11.2. The normalized spacial score (nSPS) is 12.2. The first-order valence-corrected chi connectivity index (χ1v) is 6.18. The maximum atomic E-state index is 11.2. The Balaban J connectivity index is 2.90. The van der Waals surface area contributed by atoms with E-state index in [0.29, 0.717) is 11.3 Å². The Hall–Kier alpha value is -1.82. The van der Waals surface area contributed by atoms with Gasteiger partial charge in [0.15, 0.2) is 6.10 Å². The SMILES string of the molecule is COC(=O)C(C)Oc1ccc(Br)c(/C=C/C(=O)O)c1. The Morgan fingerprint density at radius 1 is 1.42 bits per heavy atom. The Labute approximate surface area is 119 Å². The third-order valence-corrected chi connectivity index (χ3v) is 2.94. The molecule has 0 aliphatic carbocycles. The van der Waals surface area contributed by atoms with Gasteiger partial charge in [-0.05, 0) is 36.8 Å². The van der Waals surface area contributed by atoms with Crippen molar-refractivity contribution in [1.82, 2.24) is 0 Å². The van der Waals surface area contributed by atoms with Crippen LogP contribution in [0.2, 0.25) is 0 Å². The van der Waals surface area contributed by atoms with E-state index in [1.807, 2.05) is 0 Å². The van der Waals surface area contributed by atoms with Crippen molar-refractivity contribution in [2.75, 3.05) is 7.11 Å². The molecule has 1 N–H and O–H groups in total. The van der Waals surface area contributed by atoms with Crippen LogP contribution in [0.1, 0.15) is 12.5 Å². The fraction of sp³-hybridized carbons (Fsp3) is 0.231. The summed E-state index contributed by atoms with van der Waals surface area (Å²) in [6.07, 6.45) is 1.72. The van der Waals surface area contributed by atoms with Gasteiger partial charge < -0.3 is 14.6 Å². The number of aliphatic carboxylic acids is 1. The number of carboxylic acids is 1. The second-order valence-corrected chi connectivity index (χ2v) is 4.49. The zero-order valence-electron chi connectivity index (χ0n) is 10.4. The smallest absolute Gasteiger partial charge is 0.346 e. The number of ether oxygens (including phenoxy) is 2. The minimum Gasteiger partial charge on any atom is -0.479 e. The van der Waals surface area contributed by atoms with Crippen LogP contribution in [0.4, 0.5) is 0 Å². The molecule has 0 bridgehead atoms. The Morgan fingerprint density at radius 2 is 2.11 bits per heavy atom. The minimum atomic E-state index is -1.04. The highest BCUT2D eigenvalue weighted by molar-refractivity contribution is 9.10. The fourth-order valence-electron chi connectivity index (χ4n) is 1.30. The largest absolute Gasteiger partial charge is 0.479 e. The molecule has 0 saturated heterocycles. The lowest BCUT2D eigenvalue weighted by atomic mass is 10.2. The molecule has 0 aliphatic heterocycles. The van der Waals surface area contributed by atoms with Crippen LogP contribution in [0.5, 0.6) is 5.75 Å². The molecule has 1 unspecified atom stereocenters. The minimum absolute atomic E-state index is 0.450. The van der Waals surface area contributed by atoms with Crippen molar-refractivity contribution in [1.29, 1.82) is 0 Å². The van der Waals surface area contributed by atoms with Crippen molar-refractivity contribution in [2.45, 2.75) is 13.0 Å². The third kappa shape index (κ3) is 4.75. The molecule has 0 heterocycles. The summed E-state index contributed by atoms with van der Waals surface area (Å²) < 4.78 is 10.7. The average Bonchev–Trinajstić information content (AvgIpc) is 2.38. The second kappa shape index (κ2) is 6.94. The van der Waals surface area contributed by atoms with Crippen LogP contribution in [-0.4, -0.2) is 30.3 Å². The summed E-state index contributed by atoms with van der Waals surface area (Å²) >= 11 is 3.30. The number of carboxylic acid groups (broad SMARTS) is 1. The molecule has 1 aromatic rings. The van der Waals surface area contributed by atoms with Gasteiger partial charge in [0.25, 0.3) is 0 Å². The lowest BCUT2D eigenvalue weighted by molar-refractivity contribution is -0.147. The monoisotopic (exact) mass is 328 g/mol. The van der Waals surface area contributed by atoms with E-state index in [4.69, 9.17) is 9.84 Å². The van der Waals surface area contributed by atoms with Crippen molar-refractivity contribution in [3.05, 3.63) is 34.3 Å². The molecule has 0 saturated carbocycles. The first-order valence-electron chi connectivity index (χ1n) is 5.39. The van der Waals surface area contributed by atoms with Gasteiger partial charge in [0.1, 0.15) is 5.75 Å². The van der Waals surface area contributed by atoms with Gasteiger partial charge >= 0.3 is 11.9 Å². The highest BCUT2D eigenvalue weighted by atomic mass is 79.9. The molecule has 0 aromatic heterocycles. The van der Waals surface area contributed by atoms with Crippen LogP contribution in [0.3, 0.4) is 0 Å². The van der Waals surface area contributed by atoms with Gasteiger partial charge in [-0.3, -0.25) is 0 Å². The Morgan fingerprint density at radius 3 is 2.68 bits per heavy atom. The van der Waals surface area contributed by atoms with Crippen molar-refractivity contribution in [2.24, 2.45) is 0 Å². The number of halogens is 1. The molecule has 0 amide bonds. The first-order chi connectivity index (χ1) is 8.93. The van der Waals surface area contributed by atoms with E-state index < -0.39 is 18.0 Å². The standard InChI is InChI=1S/C13H13BrO5/c1-8(13(17)18-2)19-10-4-5-11(14)9(7-10)3-6-12(15)16/h3-8H,1-2H3,(H,15,16)/b6-3+. The number of hydrogen-bond acceptors (Lipinski definition) is 4. The average molecular weight is 329 g/mol. The van der Waals surface area contributed by atoms with Crippen LogP contribution >= 0.6 is 15.9 Å². The van der Waals surface area contributed by atoms with Crippen LogP contribution in [0.25, 0.3) is 6.08 Å². The van der Waals surface area contributed by atoms with E-state index in [1.165, 1.54) is 13.2 Å². The number of rotatable bonds is 5. The Bertz CT molecular complexity index is 510. The number of esters is 1. The molecule has 1 rings (SSSR count). The number of carbonyl (C=O) groups is 2. The predicted octanol–water partition coefficient (Wildman–Crippen LogP) is 2.49. The van der Waals surface area contributed by atoms with Gasteiger partial charge in [-0.15, -0.1) is 0 Å². The summed E-state index contributed by atoms with van der Waals surface area (Å²) in [5.74, 6) is -1.07. The molecular formula is C13H13BrO5. The molecule has 5 nitrogen and oxygen atoms in total. The zero-order valence-corrected chi connectivity index (χ0v) is 12.0. The quantitative estimate of drug-likeness (QED) is 0.664. The lowest BCUT2D eigenvalue weighted by Crippen LogP contribution is -2.24. The topological polar surface area (TPSA) is 72.8 Å². The molecule has 0 fully saturated rings. The van der Waals surface area contributed by atoms with E-state index in [2.05, 4.69) is 20.7 Å². The van der Waals surface area contributed by atoms with E-state index in [-0.39, 0.29) is 0 Å². The van der Waals surface area contributed by atoms with Gasteiger partial charge in [-0.25, -0.2) is 9.59 Å². The number of benzene rings is 1. The van der Waals surface area contributed by atoms with Gasteiger partial charge in [0, 0.05) is 10.5 Å². The molecule has 102 valence electrons. The summed E-state index contributed by atoms with van der Waals surface area (Å²) in [4.78, 5) is 21.7. The molecule has 19 heavy (non-hydrogen) atoms. The molecule has 0 aliphatic rings. The molecule has 0 radical (unpaired) electrons. The van der Waals surface area contributed by atoms with Crippen molar-refractivity contribution >= 4 is 33.9 Å². The Kier molecular flexibility index (Phi) is 5.57. The number of methoxy groups -OCH3 is 1. The molecule has 0 spiro atoms. The molecule has 6 heteroatoms. The van der Waals surface area contributed by atoms with Crippen molar-refractivity contribution in [3.8, 4) is 5.75 Å². The van der Waals surface area contributed by atoms with Crippen molar-refractivity contribution < 1.29 is 24.2 Å². The molecular weight excluding hydrogens is 316 g/mol. The van der Waals surface area contributed by atoms with Crippen LogP contribution < -0.4 is 4.74 Å². The van der Waals surface area contributed by atoms with Crippen LogP contribution in [-0.2, 0) is 14.3 Å². The van der Waals surface area contributed by atoms with Gasteiger partial charge in [0.05, 0.1) is 7.11 Å². The zero-order chi connectivity index (χ0) is 14.4. The summed E-state index contributed by atoms with van der Waals surface area (Å²) in [7, 11) is 1.28. The van der Waals surface area contributed by atoms with E-state index in [0.717, 1.165) is 10.5 Å². The van der Waals surface area contributed by atoms with Crippen molar-refractivity contribution in [3.63, 3.8) is 0 Å². The maximum Gasteiger partial charge on any atom is 0.346 e. The highest BCUT2D eigenvalue weighted by Gasteiger charge is 2.15. The fourth-order valence-corrected chi connectivity index (χ4v) is 1.68. The number of carbonyl (C=O) groups excluding carboxylic acids is 1. The van der Waals surface area contributed by atoms with Gasteiger partial charge in [-0.2, -0.15) is 0 Å². The number of hydrogen-bond donors (Lipinski definition) is 1. The first kappa shape index (κ1) is 15.2. The summed E-state index contributed by atoms with van der Waals surface area (Å²) in [5, 5.41) is 8.59. The highest BCUT2D eigenvalue weighted by Crippen LogP contribution is 2.24. The summed E-state index contributed by atoms with van der Waals surface area (Å²) in [5.41, 5.74) is 0.636. The second-order valence-electron chi connectivity index (χ2n) is 3.64.